The van der Waals surface area contributed by atoms with Crippen LogP contribution < -0.4 is 15.4 Å². The average molecular weight is 445 g/mol. The highest BCUT2D eigenvalue weighted by molar-refractivity contribution is 8.00. The summed E-state index contributed by atoms with van der Waals surface area (Å²) < 4.78 is 30.5. The topological polar surface area (TPSA) is 56.4 Å². The summed E-state index contributed by atoms with van der Waals surface area (Å²) in [5.74, 6) is -1.12. The molecule has 0 atom stereocenters. The molecule has 5 nitrogen and oxygen atoms in total. The van der Waals surface area contributed by atoms with Gasteiger partial charge < -0.3 is 20.3 Å². The second kappa shape index (κ2) is 7.98. The SMILES string of the molecule is CN1CCC(Nc2cc(NSc3ccc(F)cc3F)cc3c2NC(=O)C32CCC2)CC1. The molecule has 2 aromatic carbocycles. The van der Waals surface area contributed by atoms with Gasteiger partial charge in [-0.25, -0.2) is 8.78 Å². The third kappa shape index (κ3) is 3.76. The molecule has 5 rings (SSSR count). The molecular formula is C23H26F2N4OS. The number of hydrogen-bond donors (Lipinski definition) is 3. The monoisotopic (exact) mass is 444 g/mol. The van der Waals surface area contributed by atoms with E-state index in [2.05, 4.69) is 27.3 Å². The Bertz CT molecular complexity index is 1020. The highest BCUT2D eigenvalue weighted by atomic mass is 32.2. The first-order chi connectivity index (χ1) is 14.9. The number of nitrogens with one attached hydrogen (secondary N) is 3. The molecule has 0 aromatic heterocycles. The van der Waals surface area contributed by atoms with Crippen molar-refractivity contribution in [3.05, 3.63) is 47.5 Å². The number of fused-ring (bicyclic) bond motifs is 2. The molecule has 1 saturated carbocycles. The zero-order chi connectivity index (χ0) is 21.6. The summed E-state index contributed by atoms with van der Waals surface area (Å²) in [6, 6.07) is 7.86. The van der Waals surface area contributed by atoms with E-state index >= 15 is 0 Å². The van der Waals surface area contributed by atoms with Crippen LogP contribution in [0.3, 0.4) is 0 Å². The minimum absolute atomic E-state index is 0.0783. The molecule has 2 fully saturated rings. The first kappa shape index (κ1) is 20.6. The van der Waals surface area contributed by atoms with Gasteiger partial charge in [-0.2, -0.15) is 0 Å². The van der Waals surface area contributed by atoms with Crippen LogP contribution in [0.1, 0.15) is 37.7 Å². The van der Waals surface area contributed by atoms with E-state index in [0.29, 0.717) is 10.9 Å². The van der Waals surface area contributed by atoms with Gasteiger partial charge in [-0.1, -0.05) is 6.42 Å². The van der Waals surface area contributed by atoms with Crippen LogP contribution in [-0.4, -0.2) is 37.0 Å². The number of benzene rings is 2. The van der Waals surface area contributed by atoms with E-state index in [0.717, 1.165) is 85.8 Å². The fourth-order valence-corrected chi connectivity index (χ4v) is 5.39. The third-order valence-electron chi connectivity index (χ3n) is 6.79. The van der Waals surface area contributed by atoms with Crippen molar-refractivity contribution in [3.8, 4) is 0 Å². The predicted octanol–water partition coefficient (Wildman–Crippen LogP) is 4.96. The number of piperidine rings is 1. The number of hydrogen-bond acceptors (Lipinski definition) is 5. The van der Waals surface area contributed by atoms with Crippen LogP contribution in [0.25, 0.3) is 0 Å². The Hall–Kier alpha value is -2.32. The van der Waals surface area contributed by atoms with Crippen molar-refractivity contribution in [2.24, 2.45) is 0 Å². The van der Waals surface area contributed by atoms with Crippen molar-refractivity contribution in [3.63, 3.8) is 0 Å². The Balaban J connectivity index is 1.44. The lowest BCUT2D eigenvalue weighted by Gasteiger charge is -2.36. The maximum Gasteiger partial charge on any atom is 0.235 e. The summed E-state index contributed by atoms with van der Waals surface area (Å²) in [6.45, 7) is 2.07. The summed E-state index contributed by atoms with van der Waals surface area (Å²) in [6.07, 6.45) is 4.82. The minimum atomic E-state index is -0.601. The number of carbonyl (C=O) groups excluding carboxylic acids is 1. The Morgan fingerprint density at radius 1 is 1.16 bits per heavy atom. The van der Waals surface area contributed by atoms with Gasteiger partial charge in [0, 0.05) is 17.8 Å². The molecule has 0 radical (unpaired) electrons. The van der Waals surface area contributed by atoms with Crippen molar-refractivity contribution < 1.29 is 13.6 Å². The van der Waals surface area contributed by atoms with Gasteiger partial charge in [-0.05, 0) is 87.6 Å². The van der Waals surface area contributed by atoms with Crippen molar-refractivity contribution in [2.75, 3.05) is 35.5 Å². The molecule has 1 amide bonds. The molecule has 8 heteroatoms. The third-order valence-corrected chi connectivity index (χ3v) is 7.67. The van der Waals surface area contributed by atoms with Crippen LogP contribution in [-0.2, 0) is 10.2 Å². The number of rotatable bonds is 5. The van der Waals surface area contributed by atoms with E-state index in [1.54, 1.807) is 0 Å². The van der Waals surface area contributed by atoms with E-state index in [-0.39, 0.29) is 5.91 Å². The van der Waals surface area contributed by atoms with Crippen LogP contribution in [0.5, 0.6) is 0 Å². The molecule has 164 valence electrons. The van der Waals surface area contributed by atoms with Gasteiger partial charge >= 0.3 is 0 Å². The number of anilines is 3. The zero-order valence-electron chi connectivity index (χ0n) is 17.4. The van der Waals surface area contributed by atoms with Gasteiger partial charge in [-0.15, -0.1) is 0 Å². The van der Waals surface area contributed by atoms with E-state index < -0.39 is 17.0 Å². The number of halogens is 2. The maximum atomic E-state index is 14.1. The summed E-state index contributed by atoms with van der Waals surface area (Å²) in [7, 11) is 2.13. The molecule has 1 saturated heterocycles. The van der Waals surface area contributed by atoms with Crippen molar-refractivity contribution in [2.45, 2.75) is 48.5 Å². The number of amides is 1. The minimum Gasteiger partial charge on any atom is -0.380 e. The zero-order valence-corrected chi connectivity index (χ0v) is 18.2. The van der Waals surface area contributed by atoms with Gasteiger partial charge in [0.1, 0.15) is 11.6 Å². The molecule has 2 heterocycles. The second-order valence-corrected chi connectivity index (χ2v) is 9.68. The summed E-state index contributed by atoms with van der Waals surface area (Å²) in [5, 5.41) is 6.78. The molecule has 3 N–H and O–H groups in total. The fourth-order valence-electron chi connectivity index (χ4n) is 4.75. The second-order valence-electron chi connectivity index (χ2n) is 8.84. The number of carbonyl (C=O) groups is 1. The standard InChI is InChI=1S/C23H26F2N4OS/c1-29-9-5-15(6-10-29)26-19-13-16(28-31-20-4-3-14(24)11-18(20)25)12-17-21(19)27-22(30)23(17)7-2-8-23/h3-4,11-13,15,26,28H,2,5-10H2,1H3,(H,27,30). The van der Waals surface area contributed by atoms with Crippen LogP contribution in [0.4, 0.5) is 25.8 Å². The first-order valence-corrected chi connectivity index (χ1v) is 11.6. The molecule has 2 aromatic rings. The van der Waals surface area contributed by atoms with Gasteiger partial charge in [0.2, 0.25) is 5.91 Å². The van der Waals surface area contributed by atoms with Crippen molar-refractivity contribution in [1.82, 2.24) is 4.90 Å². The van der Waals surface area contributed by atoms with Crippen molar-refractivity contribution in [1.29, 1.82) is 0 Å². The lowest BCUT2D eigenvalue weighted by molar-refractivity contribution is -0.123. The first-order valence-electron chi connectivity index (χ1n) is 10.8. The van der Waals surface area contributed by atoms with E-state index in [1.807, 2.05) is 12.1 Å². The highest BCUT2D eigenvalue weighted by Gasteiger charge is 2.52. The van der Waals surface area contributed by atoms with Crippen LogP contribution in [0.2, 0.25) is 0 Å². The normalized spacial score (nSPS) is 20.3. The Labute approximate surface area is 185 Å². The van der Waals surface area contributed by atoms with Crippen LogP contribution in [0, 0.1) is 11.6 Å². The van der Waals surface area contributed by atoms with Crippen LogP contribution >= 0.6 is 11.9 Å². The van der Waals surface area contributed by atoms with E-state index in [1.165, 1.54) is 12.1 Å². The molecule has 0 bridgehead atoms. The molecule has 1 aliphatic carbocycles. The van der Waals surface area contributed by atoms with Gasteiger partial charge in [0.15, 0.2) is 0 Å². The summed E-state index contributed by atoms with van der Waals surface area (Å²) >= 11 is 1.10. The summed E-state index contributed by atoms with van der Waals surface area (Å²) in [4.78, 5) is 15.5. The average Bonchev–Trinajstić information content (AvgIpc) is 3.01. The number of likely N-dealkylation sites (tertiary alicyclic amines) is 1. The Kier molecular flexibility index (Phi) is 5.30. The van der Waals surface area contributed by atoms with Gasteiger partial charge in [-0.3, -0.25) is 4.79 Å². The maximum absolute atomic E-state index is 14.1. The summed E-state index contributed by atoms with van der Waals surface area (Å²) in [5.41, 5.74) is 3.16. The molecule has 31 heavy (non-hydrogen) atoms. The lowest BCUT2D eigenvalue weighted by atomic mass is 9.65. The van der Waals surface area contributed by atoms with E-state index in [9.17, 15) is 13.6 Å². The largest absolute Gasteiger partial charge is 0.380 e. The van der Waals surface area contributed by atoms with Crippen LogP contribution in [0.15, 0.2) is 35.2 Å². The predicted molar refractivity (Wildman–Crippen MR) is 121 cm³/mol. The van der Waals surface area contributed by atoms with E-state index in [4.69, 9.17) is 0 Å². The highest BCUT2D eigenvalue weighted by Crippen LogP contribution is 2.54. The van der Waals surface area contributed by atoms with Crippen molar-refractivity contribution >= 4 is 34.9 Å². The Morgan fingerprint density at radius 2 is 1.94 bits per heavy atom. The smallest absolute Gasteiger partial charge is 0.235 e. The van der Waals surface area contributed by atoms with Gasteiger partial charge in [0.05, 0.1) is 21.7 Å². The fraction of sp³-hybridized carbons (Fsp3) is 0.435. The molecular weight excluding hydrogens is 418 g/mol. The molecule has 2 aliphatic heterocycles. The molecule has 0 unspecified atom stereocenters. The Morgan fingerprint density at radius 3 is 2.61 bits per heavy atom. The van der Waals surface area contributed by atoms with Gasteiger partial charge in [0.25, 0.3) is 0 Å². The lowest BCUT2D eigenvalue weighted by Crippen LogP contribution is -2.40. The molecule has 1 spiro atoms. The molecule has 3 aliphatic rings. The quantitative estimate of drug-likeness (QED) is 0.569. The number of nitrogens with zero attached hydrogens (tertiary/aromatic N) is 1.